The Kier molecular flexibility index (Phi) is 6.04. The van der Waals surface area contributed by atoms with Crippen molar-refractivity contribution in [1.82, 2.24) is 5.43 Å². The van der Waals surface area contributed by atoms with Crippen molar-refractivity contribution < 1.29 is 29.0 Å². The number of halogens is 1. The number of nitrogens with one attached hydrogen (secondary N) is 1. The molecule has 2 N–H and O–H groups in total. The molecule has 1 aliphatic heterocycles. The van der Waals surface area contributed by atoms with Gasteiger partial charge in [-0.1, -0.05) is 29.8 Å². The molecule has 1 heterocycles. The first-order valence-corrected chi connectivity index (χ1v) is 9.01. The molecule has 9 heteroatoms. The van der Waals surface area contributed by atoms with Crippen LogP contribution in [0.25, 0.3) is 6.08 Å². The maximum Gasteiger partial charge on any atom is 0.341 e. The molecule has 1 aliphatic rings. The fraction of sp³-hybridized carbons (Fsp3) is 0.150. The number of nitrogens with zero attached hydrogens (tertiary/aromatic N) is 1. The molecule has 0 aliphatic carbocycles. The number of carbonyl (C=O) groups excluding carboxylic acids is 2. The number of amides is 2. The Hall–Kier alpha value is -3.52. The molecular formula is C20H17ClN2O6. The minimum atomic E-state index is -1.16. The van der Waals surface area contributed by atoms with Crippen LogP contribution in [-0.2, 0) is 14.4 Å². The summed E-state index contributed by atoms with van der Waals surface area (Å²) in [6.45, 7) is 1.43. The summed E-state index contributed by atoms with van der Waals surface area (Å²) in [6, 6.07) is 11.7. The summed E-state index contributed by atoms with van der Waals surface area (Å²) in [5, 5.41) is 10.1. The van der Waals surface area contributed by atoms with Gasteiger partial charge < -0.3 is 14.6 Å². The number of carboxylic acid groups (broad SMARTS) is 1. The van der Waals surface area contributed by atoms with Crippen molar-refractivity contribution in [2.45, 2.75) is 6.92 Å². The van der Waals surface area contributed by atoms with Crippen LogP contribution in [0.4, 0.5) is 5.69 Å². The second kappa shape index (κ2) is 8.66. The molecule has 2 aromatic carbocycles. The Morgan fingerprint density at radius 2 is 1.93 bits per heavy atom. The van der Waals surface area contributed by atoms with Crippen LogP contribution in [-0.4, -0.2) is 36.1 Å². The molecule has 1 saturated heterocycles. The van der Waals surface area contributed by atoms with Crippen LogP contribution in [0.15, 0.2) is 48.0 Å². The summed E-state index contributed by atoms with van der Waals surface area (Å²) in [7, 11) is 0. The zero-order valence-corrected chi connectivity index (χ0v) is 16.1. The molecule has 0 aromatic heterocycles. The molecule has 2 amide bonds. The molecule has 2 aromatic rings. The van der Waals surface area contributed by atoms with Crippen LogP contribution in [0.2, 0.25) is 5.02 Å². The van der Waals surface area contributed by atoms with Gasteiger partial charge in [-0.15, -0.1) is 0 Å². The third-order valence-corrected chi connectivity index (χ3v) is 4.17. The van der Waals surface area contributed by atoms with Crippen LogP contribution in [0.1, 0.15) is 12.5 Å². The Labute approximate surface area is 171 Å². The SMILES string of the molecule is CCOc1cc(C=C2C(=O)NN(c3ccccc3)C2=O)cc(Cl)c1OCC(=O)O. The first kappa shape index (κ1) is 20.2. The van der Waals surface area contributed by atoms with Crippen LogP contribution in [0.3, 0.4) is 0 Å². The maximum atomic E-state index is 12.7. The number of hydrogen-bond donors (Lipinski definition) is 2. The summed E-state index contributed by atoms with van der Waals surface area (Å²) in [4.78, 5) is 35.8. The third kappa shape index (κ3) is 4.49. The van der Waals surface area contributed by atoms with Crippen molar-refractivity contribution in [1.29, 1.82) is 0 Å². The van der Waals surface area contributed by atoms with Gasteiger partial charge in [-0.05, 0) is 42.8 Å². The van der Waals surface area contributed by atoms with Gasteiger partial charge in [0.15, 0.2) is 18.1 Å². The lowest BCUT2D eigenvalue weighted by Gasteiger charge is -2.14. The lowest BCUT2D eigenvalue weighted by atomic mass is 10.1. The molecule has 0 spiro atoms. The third-order valence-electron chi connectivity index (χ3n) is 3.89. The lowest BCUT2D eigenvalue weighted by Crippen LogP contribution is -2.35. The van der Waals surface area contributed by atoms with Crippen LogP contribution in [0, 0.1) is 0 Å². The number of benzene rings is 2. The first-order chi connectivity index (χ1) is 13.9. The Bertz CT molecular complexity index is 990. The quantitative estimate of drug-likeness (QED) is 0.531. The van der Waals surface area contributed by atoms with E-state index in [1.165, 1.54) is 18.2 Å². The van der Waals surface area contributed by atoms with E-state index in [0.717, 1.165) is 5.01 Å². The molecule has 0 unspecified atom stereocenters. The van der Waals surface area contributed by atoms with E-state index in [1.807, 2.05) is 0 Å². The maximum absolute atomic E-state index is 12.7. The highest BCUT2D eigenvalue weighted by Crippen LogP contribution is 2.37. The van der Waals surface area contributed by atoms with E-state index >= 15 is 0 Å². The van der Waals surface area contributed by atoms with Crippen LogP contribution in [0.5, 0.6) is 11.5 Å². The van der Waals surface area contributed by atoms with Gasteiger partial charge in [0, 0.05) is 0 Å². The van der Waals surface area contributed by atoms with Crippen molar-refractivity contribution in [3.63, 3.8) is 0 Å². The molecule has 1 fully saturated rings. The molecule has 8 nitrogen and oxygen atoms in total. The van der Waals surface area contributed by atoms with Gasteiger partial charge in [0.05, 0.1) is 17.3 Å². The number of rotatable bonds is 7. The fourth-order valence-electron chi connectivity index (χ4n) is 2.69. The Balaban J connectivity index is 1.94. The van der Waals surface area contributed by atoms with Crippen molar-refractivity contribution in [3.05, 3.63) is 58.6 Å². The number of ether oxygens (including phenoxy) is 2. The number of anilines is 1. The molecule has 150 valence electrons. The molecule has 0 radical (unpaired) electrons. The highest BCUT2D eigenvalue weighted by molar-refractivity contribution is 6.33. The number of aliphatic carboxylic acids is 1. The second-order valence-corrected chi connectivity index (χ2v) is 6.33. The first-order valence-electron chi connectivity index (χ1n) is 8.63. The Morgan fingerprint density at radius 1 is 1.21 bits per heavy atom. The van der Waals surface area contributed by atoms with Crippen molar-refractivity contribution in [2.24, 2.45) is 0 Å². The van der Waals surface area contributed by atoms with E-state index in [-0.39, 0.29) is 28.7 Å². The van der Waals surface area contributed by atoms with Gasteiger partial charge in [0.2, 0.25) is 0 Å². The summed E-state index contributed by atoms with van der Waals surface area (Å²) >= 11 is 6.21. The van der Waals surface area contributed by atoms with Gasteiger partial charge in [0.1, 0.15) is 5.57 Å². The van der Waals surface area contributed by atoms with Gasteiger partial charge in [-0.3, -0.25) is 15.0 Å². The average molecular weight is 417 g/mol. The molecule has 29 heavy (non-hydrogen) atoms. The molecule has 0 saturated carbocycles. The standard InChI is InChI=1S/C20H17ClN2O6/c1-2-28-16-10-12(9-15(21)18(16)29-11-17(24)25)8-14-19(26)22-23(20(14)27)13-6-4-3-5-7-13/h3-10H,2,11H2,1H3,(H,22,26)(H,24,25). The summed E-state index contributed by atoms with van der Waals surface area (Å²) in [5.41, 5.74) is 3.39. The molecule has 3 rings (SSSR count). The van der Waals surface area contributed by atoms with Gasteiger partial charge in [-0.2, -0.15) is 0 Å². The fourth-order valence-corrected chi connectivity index (χ4v) is 2.96. The number of hydrogen-bond acceptors (Lipinski definition) is 5. The zero-order chi connectivity index (χ0) is 21.0. The van der Waals surface area contributed by atoms with Crippen molar-refractivity contribution in [2.75, 3.05) is 18.2 Å². The van der Waals surface area contributed by atoms with Crippen LogP contribution >= 0.6 is 11.6 Å². The predicted octanol–water partition coefficient (Wildman–Crippen LogP) is 2.66. The minimum Gasteiger partial charge on any atom is -0.490 e. The van der Waals surface area contributed by atoms with E-state index in [9.17, 15) is 14.4 Å². The normalized spacial score (nSPS) is 14.8. The average Bonchev–Trinajstić information content (AvgIpc) is 2.96. The van der Waals surface area contributed by atoms with E-state index in [4.69, 9.17) is 26.2 Å². The highest BCUT2D eigenvalue weighted by Gasteiger charge is 2.34. The molecule has 0 bridgehead atoms. The minimum absolute atomic E-state index is 0.0752. The number of hydrazine groups is 1. The van der Waals surface area contributed by atoms with Gasteiger partial charge in [-0.25, -0.2) is 9.80 Å². The number of carbonyl (C=O) groups is 3. The van der Waals surface area contributed by atoms with E-state index in [1.54, 1.807) is 37.3 Å². The second-order valence-electron chi connectivity index (χ2n) is 5.92. The smallest absolute Gasteiger partial charge is 0.341 e. The molecule has 0 atom stereocenters. The molecular weight excluding hydrogens is 400 g/mol. The van der Waals surface area contributed by atoms with Gasteiger partial charge in [0.25, 0.3) is 11.8 Å². The zero-order valence-electron chi connectivity index (χ0n) is 15.3. The number of carboxylic acids is 1. The van der Waals surface area contributed by atoms with E-state index in [0.29, 0.717) is 11.3 Å². The van der Waals surface area contributed by atoms with Gasteiger partial charge >= 0.3 is 5.97 Å². The summed E-state index contributed by atoms with van der Waals surface area (Å²) < 4.78 is 10.7. The summed E-state index contributed by atoms with van der Waals surface area (Å²) in [6.07, 6.45) is 1.38. The lowest BCUT2D eigenvalue weighted by molar-refractivity contribution is -0.139. The van der Waals surface area contributed by atoms with Crippen LogP contribution < -0.4 is 19.9 Å². The topological polar surface area (TPSA) is 105 Å². The van der Waals surface area contributed by atoms with Crippen molar-refractivity contribution in [3.8, 4) is 11.5 Å². The number of para-hydroxylation sites is 1. The monoisotopic (exact) mass is 416 g/mol. The van der Waals surface area contributed by atoms with E-state index < -0.39 is 24.4 Å². The predicted molar refractivity (Wildman–Crippen MR) is 106 cm³/mol. The highest BCUT2D eigenvalue weighted by atomic mass is 35.5. The summed E-state index contributed by atoms with van der Waals surface area (Å²) in [5.74, 6) is -1.95. The van der Waals surface area contributed by atoms with Crippen molar-refractivity contribution >= 4 is 41.1 Å². The van der Waals surface area contributed by atoms with E-state index in [2.05, 4.69) is 5.43 Å². The Morgan fingerprint density at radius 3 is 2.59 bits per heavy atom. The largest absolute Gasteiger partial charge is 0.490 e.